The Morgan fingerprint density at radius 2 is 1.94 bits per heavy atom. The molecule has 0 aromatic carbocycles. The topological polar surface area (TPSA) is 69.8 Å². The Hall–Kier alpha value is -0.650. The van der Waals surface area contributed by atoms with Gasteiger partial charge in [0.05, 0.1) is 12.1 Å². The monoisotopic (exact) mass is 229 g/mol. The van der Waals surface area contributed by atoms with E-state index in [1.807, 2.05) is 11.8 Å². The van der Waals surface area contributed by atoms with E-state index in [9.17, 15) is 4.79 Å². The normalized spacial score (nSPS) is 21.9. The molecular weight excluding hydrogens is 206 g/mol. The number of carbonyl (C=O) groups excluding carboxylic acids is 1. The Kier molecular flexibility index (Phi) is 4.70. The zero-order valence-corrected chi connectivity index (χ0v) is 10.3. The number of hydrogen-bond acceptors (Lipinski definition) is 4. The number of aliphatic hydroxyl groups is 1. The van der Waals surface area contributed by atoms with Crippen molar-refractivity contribution in [1.82, 2.24) is 9.80 Å². The molecule has 0 aromatic rings. The predicted molar refractivity (Wildman–Crippen MR) is 63.0 cm³/mol. The second kappa shape index (κ2) is 5.61. The Balaban J connectivity index is 2.45. The van der Waals surface area contributed by atoms with E-state index in [1.54, 1.807) is 6.92 Å². The molecule has 1 amide bonds. The van der Waals surface area contributed by atoms with Crippen LogP contribution in [-0.4, -0.2) is 65.7 Å². The molecule has 1 heterocycles. The fourth-order valence-corrected chi connectivity index (χ4v) is 1.83. The minimum Gasteiger partial charge on any atom is -0.395 e. The average molecular weight is 229 g/mol. The van der Waals surface area contributed by atoms with Crippen molar-refractivity contribution in [3.8, 4) is 0 Å². The van der Waals surface area contributed by atoms with Gasteiger partial charge in [-0.3, -0.25) is 9.69 Å². The van der Waals surface area contributed by atoms with E-state index in [2.05, 4.69) is 4.90 Å². The quantitative estimate of drug-likeness (QED) is 0.665. The fourth-order valence-electron chi connectivity index (χ4n) is 1.83. The van der Waals surface area contributed by atoms with Crippen molar-refractivity contribution < 1.29 is 9.90 Å². The first-order valence-corrected chi connectivity index (χ1v) is 5.92. The number of nitrogens with zero attached hydrogens (tertiary/aromatic N) is 2. The molecule has 0 aliphatic carbocycles. The van der Waals surface area contributed by atoms with E-state index >= 15 is 0 Å². The van der Waals surface area contributed by atoms with E-state index in [0.29, 0.717) is 26.1 Å². The summed E-state index contributed by atoms with van der Waals surface area (Å²) in [5, 5.41) is 8.82. The Morgan fingerprint density at radius 3 is 2.38 bits per heavy atom. The second-order valence-corrected chi connectivity index (χ2v) is 4.63. The van der Waals surface area contributed by atoms with Gasteiger partial charge >= 0.3 is 0 Å². The maximum absolute atomic E-state index is 12.0. The summed E-state index contributed by atoms with van der Waals surface area (Å²) >= 11 is 0. The van der Waals surface area contributed by atoms with Crippen LogP contribution >= 0.6 is 0 Å². The summed E-state index contributed by atoms with van der Waals surface area (Å²) in [7, 11) is 0. The van der Waals surface area contributed by atoms with Crippen molar-refractivity contribution in [2.75, 3.05) is 39.3 Å². The SMILES string of the molecule is CCC(C)(N)C(=O)N1CCN(CCO)CC1. The van der Waals surface area contributed by atoms with E-state index in [4.69, 9.17) is 10.8 Å². The molecule has 3 N–H and O–H groups in total. The first-order chi connectivity index (χ1) is 7.51. The van der Waals surface area contributed by atoms with Crippen molar-refractivity contribution in [3.05, 3.63) is 0 Å². The minimum absolute atomic E-state index is 0.0404. The zero-order valence-electron chi connectivity index (χ0n) is 10.3. The van der Waals surface area contributed by atoms with Crippen LogP contribution in [0.25, 0.3) is 0 Å². The predicted octanol–water partition coefficient (Wildman–Crippen LogP) is -0.750. The van der Waals surface area contributed by atoms with Crippen molar-refractivity contribution in [2.45, 2.75) is 25.8 Å². The third kappa shape index (κ3) is 3.17. The van der Waals surface area contributed by atoms with Crippen LogP contribution in [0.15, 0.2) is 0 Å². The maximum Gasteiger partial charge on any atom is 0.242 e. The molecule has 1 saturated heterocycles. The van der Waals surface area contributed by atoms with Crippen LogP contribution in [0, 0.1) is 0 Å². The van der Waals surface area contributed by atoms with Crippen molar-refractivity contribution >= 4 is 5.91 Å². The highest BCUT2D eigenvalue weighted by atomic mass is 16.3. The van der Waals surface area contributed by atoms with Crippen molar-refractivity contribution in [2.24, 2.45) is 5.73 Å². The molecule has 1 atom stereocenters. The van der Waals surface area contributed by atoms with Gasteiger partial charge in [0.1, 0.15) is 0 Å². The van der Waals surface area contributed by atoms with Crippen LogP contribution in [-0.2, 0) is 4.79 Å². The molecule has 0 aromatic heterocycles. The zero-order chi connectivity index (χ0) is 12.2. The van der Waals surface area contributed by atoms with Crippen molar-refractivity contribution in [1.29, 1.82) is 0 Å². The fraction of sp³-hybridized carbons (Fsp3) is 0.909. The second-order valence-electron chi connectivity index (χ2n) is 4.63. The highest BCUT2D eigenvalue weighted by molar-refractivity contribution is 5.85. The van der Waals surface area contributed by atoms with Gasteiger partial charge in [-0.05, 0) is 13.3 Å². The van der Waals surface area contributed by atoms with Crippen LogP contribution in [0.5, 0.6) is 0 Å². The van der Waals surface area contributed by atoms with Gasteiger partial charge in [-0.15, -0.1) is 0 Å². The van der Waals surface area contributed by atoms with Crippen molar-refractivity contribution in [3.63, 3.8) is 0 Å². The number of hydrogen-bond donors (Lipinski definition) is 2. The standard InChI is InChI=1S/C11H23N3O2/c1-3-11(2,12)10(16)14-6-4-13(5-7-14)8-9-15/h15H,3-9,12H2,1-2H3. The number of amides is 1. The van der Waals surface area contributed by atoms with Gasteiger partial charge in [-0.2, -0.15) is 0 Å². The molecular formula is C11H23N3O2. The van der Waals surface area contributed by atoms with Crippen LogP contribution in [0.4, 0.5) is 0 Å². The van der Waals surface area contributed by atoms with E-state index < -0.39 is 5.54 Å². The molecule has 1 aliphatic rings. The Morgan fingerprint density at radius 1 is 1.38 bits per heavy atom. The Bertz CT molecular complexity index is 235. The van der Waals surface area contributed by atoms with Gasteiger partial charge < -0.3 is 15.7 Å². The molecule has 0 bridgehead atoms. The Labute approximate surface area is 97.2 Å². The lowest BCUT2D eigenvalue weighted by Gasteiger charge is -2.38. The molecule has 5 nitrogen and oxygen atoms in total. The molecule has 1 fully saturated rings. The maximum atomic E-state index is 12.0. The van der Waals surface area contributed by atoms with Gasteiger partial charge in [0, 0.05) is 32.7 Å². The van der Waals surface area contributed by atoms with Gasteiger partial charge in [0.25, 0.3) is 0 Å². The van der Waals surface area contributed by atoms with Crippen LogP contribution in [0.1, 0.15) is 20.3 Å². The molecule has 94 valence electrons. The van der Waals surface area contributed by atoms with E-state index in [0.717, 1.165) is 13.1 Å². The number of β-amino-alcohol motifs (C(OH)–C–C–N with tert-alkyl or cyclic N) is 1. The van der Waals surface area contributed by atoms with Gasteiger partial charge in [0.2, 0.25) is 5.91 Å². The lowest BCUT2D eigenvalue weighted by atomic mass is 9.98. The summed E-state index contributed by atoms with van der Waals surface area (Å²) in [5.74, 6) is 0.0404. The van der Waals surface area contributed by atoms with Crippen LogP contribution in [0.3, 0.4) is 0 Å². The van der Waals surface area contributed by atoms with E-state index in [-0.39, 0.29) is 12.5 Å². The number of aliphatic hydroxyl groups excluding tert-OH is 1. The summed E-state index contributed by atoms with van der Waals surface area (Å²) in [6, 6.07) is 0. The summed E-state index contributed by atoms with van der Waals surface area (Å²) in [5.41, 5.74) is 5.20. The average Bonchev–Trinajstić information content (AvgIpc) is 2.29. The first-order valence-electron chi connectivity index (χ1n) is 5.92. The third-order valence-corrected chi connectivity index (χ3v) is 3.30. The molecule has 1 rings (SSSR count). The number of rotatable bonds is 4. The van der Waals surface area contributed by atoms with E-state index in [1.165, 1.54) is 0 Å². The molecule has 1 aliphatic heterocycles. The molecule has 5 heteroatoms. The summed E-state index contributed by atoms with van der Waals surface area (Å²) in [6.45, 7) is 7.66. The molecule has 1 unspecified atom stereocenters. The number of carbonyl (C=O) groups is 1. The molecule has 16 heavy (non-hydrogen) atoms. The number of piperazine rings is 1. The highest BCUT2D eigenvalue weighted by Gasteiger charge is 2.32. The van der Waals surface area contributed by atoms with Crippen LogP contribution < -0.4 is 5.73 Å². The molecule has 0 spiro atoms. The summed E-state index contributed by atoms with van der Waals surface area (Å²) in [4.78, 5) is 16.0. The summed E-state index contributed by atoms with van der Waals surface area (Å²) < 4.78 is 0. The van der Waals surface area contributed by atoms with Crippen LogP contribution in [0.2, 0.25) is 0 Å². The molecule has 0 saturated carbocycles. The lowest BCUT2D eigenvalue weighted by Crippen LogP contribution is -2.58. The lowest BCUT2D eigenvalue weighted by molar-refractivity contribution is -0.138. The van der Waals surface area contributed by atoms with Gasteiger partial charge in [-0.1, -0.05) is 6.92 Å². The molecule has 0 radical (unpaired) electrons. The number of nitrogens with two attached hydrogens (primary N) is 1. The van der Waals surface area contributed by atoms with Gasteiger partial charge in [-0.25, -0.2) is 0 Å². The minimum atomic E-state index is -0.737. The smallest absolute Gasteiger partial charge is 0.242 e. The first kappa shape index (κ1) is 13.4. The highest BCUT2D eigenvalue weighted by Crippen LogP contribution is 2.12. The van der Waals surface area contributed by atoms with Gasteiger partial charge in [0.15, 0.2) is 0 Å². The third-order valence-electron chi connectivity index (χ3n) is 3.30. The summed E-state index contributed by atoms with van der Waals surface area (Å²) in [6.07, 6.45) is 0.655. The largest absolute Gasteiger partial charge is 0.395 e.